The third-order valence-electron chi connectivity index (χ3n) is 3.83. The molecule has 2 aromatic carbocycles. The molecule has 0 saturated carbocycles. The highest BCUT2D eigenvalue weighted by atomic mass is 35.5. The van der Waals surface area contributed by atoms with Gasteiger partial charge in [-0.15, -0.1) is 11.6 Å². The van der Waals surface area contributed by atoms with Crippen LogP contribution in [0.2, 0.25) is 0 Å². The molecule has 3 rings (SSSR count). The Kier molecular flexibility index (Phi) is 3.66. The normalized spacial score (nSPS) is 14.2. The Hall–Kier alpha value is -1.54. The van der Waals surface area contributed by atoms with Gasteiger partial charge in [-0.1, -0.05) is 17.7 Å². The first kappa shape index (κ1) is 13.4. The number of benzene rings is 2. The van der Waals surface area contributed by atoms with Gasteiger partial charge in [0.25, 0.3) is 0 Å². The third kappa shape index (κ3) is 2.40. The van der Waals surface area contributed by atoms with Gasteiger partial charge in [0.05, 0.1) is 0 Å². The molecule has 0 spiro atoms. The largest absolute Gasteiger partial charge is 0.341 e. The lowest BCUT2D eigenvalue weighted by Crippen LogP contribution is -2.25. The van der Waals surface area contributed by atoms with E-state index in [-0.39, 0.29) is 5.82 Å². The van der Waals surface area contributed by atoms with Gasteiger partial charge < -0.3 is 4.90 Å². The molecule has 1 nitrogen and oxygen atoms in total. The fraction of sp³-hybridized carbons (Fsp3) is 0.294. The molecule has 0 aliphatic carbocycles. The van der Waals surface area contributed by atoms with Crippen LogP contribution in [0.3, 0.4) is 0 Å². The summed E-state index contributed by atoms with van der Waals surface area (Å²) in [4.78, 5) is 2.26. The average Bonchev–Trinajstić information content (AvgIpc) is 2.46. The summed E-state index contributed by atoms with van der Waals surface area (Å²) in [5.41, 5.74) is 5.73. The van der Waals surface area contributed by atoms with Crippen molar-refractivity contribution in [3.63, 3.8) is 0 Å². The fourth-order valence-electron chi connectivity index (χ4n) is 2.90. The number of fused-ring (bicyclic) bond motifs is 1. The van der Waals surface area contributed by atoms with E-state index in [1.54, 1.807) is 0 Å². The fourth-order valence-corrected chi connectivity index (χ4v) is 3.11. The molecule has 0 fully saturated rings. The molecule has 0 bridgehead atoms. The van der Waals surface area contributed by atoms with Gasteiger partial charge in [0.1, 0.15) is 5.82 Å². The van der Waals surface area contributed by atoms with Crippen molar-refractivity contribution in [3.05, 3.63) is 58.9 Å². The van der Waals surface area contributed by atoms with E-state index in [1.807, 2.05) is 6.07 Å². The maximum absolute atomic E-state index is 13.4. The first-order valence-electron chi connectivity index (χ1n) is 6.90. The second-order valence-electron chi connectivity index (χ2n) is 5.29. The first-order chi connectivity index (χ1) is 9.69. The summed E-state index contributed by atoms with van der Waals surface area (Å²) in [5.74, 6) is 0.0932. The molecule has 2 aromatic rings. The summed E-state index contributed by atoms with van der Waals surface area (Å²) in [6, 6.07) is 11.4. The number of hydrogen-bond donors (Lipinski definition) is 0. The molecule has 3 heteroatoms. The Bertz CT molecular complexity index is 639. The van der Waals surface area contributed by atoms with Gasteiger partial charge in [-0.3, -0.25) is 0 Å². The highest BCUT2D eigenvalue weighted by Crippen LogP contribution is 2.36. The summed E-state index contributed by atoms with van der Waals surface area (Å²) in [5, 5.41) is 0. The second kappa shape index (κ2) is 5.45. The second-order valence-corrected chi connectivity index (χ2v) is 5.56. The minimum absolute atomic E-state index is 0.231. The van der Waals surface area contributed by atoms with Gasteiger partial charge in [0, 0.05) is 23.8 Å². The molecule has 0 unspecified atom stereocenters. The molecule has 0 radical (unpaired) electrons. The van der Waals surface area contributed by atoms with Gasteiger partial charge in [0.15, 0.2) is 0 Å². The maximum atomic E-state index is 13.4. The smallest absolute Gasteiger partial charge is 0.123 e. The van der Waals surface area contributed by atoms with Crippen LogP contribution >= 0.6 is 11.6 Å². The molecule has 0 atom stereocenters. The Morgan fingerprint density at radius 3 is 2.75 bits per heavy atom. The Morgan fingerprint density at radius 1 is 1.15 bits per heavy atom. The molecule has 1 aliphatic rings. The standard InChI is InChI=1S/C17H17ClFN/c1-12-4-6-16-13(9-12)3-2-8-20(16)17-7-5-15(19)10-14(17)11-18/h4-7,9-10H,2-3,8,11H2,1H3. The molecule has 104 valence electrons. The van der Waals surface area contributed by atoms with E-state index in [4.69, 9.17) is 11.6 Å². The lowest BCUT2D eigenvalue weighted by Gasteiger charge is -2.33. The summed E-state index contributed by atoms with van der Waals surface area (Å²) >= 11 is 5.98. The van der Waals surface area contributed by atoms with Crippen molar-refractivity contribution >= 4 is 23.0 Å². The zero-order chi connectivity index (χ0) is 14.1. The Morgan fingerprint density at radius 2 is 1.95 bits per heavy atom. The molecule has 0 amide bonds. The van der Waals surface area contributed by atoms with Crippen molar-refractivity contribution < 1.29 is 4.39 Å². The highest BCUT2D eigenvalue weighted by molar-refractivity contribution is 6.17. The topological polar surface area (TPSA) is 3.24 Å². The van der Waals surface area contributed by atoms with Crippen LogP contribution in [0.25, 0.3) is 0 Å². The van der Waals surface area contributed by atoms with Gasteiger partial charge in [-0.25, -0.2) is 4.39 Å². The summed E-state index contributed by atoms with van der Waals surface area (Å²) in [7, 11) is 0. The number of rotatable bonds is 2. The zero-order valence-electron chi connectivity index (χ0n) is 11.5. The van der Waals surface area contributed by atoms with Crippen LogP contribution in [0.4, 0.5) is 15.8 Å². The molecule has 1 heterocycles. The van der Waals surface area contributed by atoms with E-state index in [0.29, 0.717) is 5.88 Å². The summed E-state index contributed by atoms with van der Waals surface area (Å²) in [6.45, 7) is 3.06. The van der Waals surface area contributed by atoms with Crippen LogP contribution in [0, 0.1) is 12.7 Å². The number of halogens is 2. The molecular weight excluding hydrogens is 273 g/mol. The molecule has 0 N–H and O–H groups in total. The van der Waals surface area contributed by atoms with Crippen molar-refractivity contribution in [1.82, 2.24) is 0 Å². The highest BCUT2D eigenvalue weighted by Gasteiger charge is 2.20. The van der Waals surface area contributed by atoms with Crippen molar-refractivity contribution in [3.8, 4) is 0 Å². The van der Waals surface area contributed by atoms with Crippen molar-refractivity contribution in [2.24, 2.45) is 0 Å². The van der Waals surface area contributed by atoms with Crippen molar-refractivity contribution in [1.29, 1.82) is 0 Å². The van der Waals surface area contributed by atoms with Crippen molar-refractivity contribution in [2.45, 2.75) is 25.6 Å². The summed E-state index contributed by atoms with van der Waals surface area (Å²) < 4.78 is 13.4. The monoisotopic (exact) mass is 289 g/mol. The average molecular weight is 290 g/mol. The lowest BCUT2D eigenvalue weighted by atomic mass is 9.98. The SMILES string of the molecule is Cc1ccc2c(c1)CCCN2c1ccc(F)cc1CCl. The first-order valence-corrected chi connectivity index (χ1v) is 7.44. The van der Waals surface area contributed by atoms with Crippen LogP contribution in [0.1, 0.15) is 23.1 Å². The van der Waals surface area contributed by atoms with Crippen LogP contribution in [-0.4, -0.2) is 6.54 Å². The third-order valence-corrected chi connectivity index (χ3v) is 4.12. The molecule has 0 aromatic heterocycles. The van der Waals surface area contributed by atoms with Gasteiger partial charge >= 0.3 is 0 Å². The Balaban J connectivity index is 2.09. The van der Waals surface area contributed by atoms with Crippen molar-refractivity contribution in [2.75, 3.05) is 11.4 Å². The van der Waals surface area contributed by atoms with E-state index < -0.39 is 0 Å². The Labute approximate surface area is 124 Å². The molecule has 0 saturated heterocycles. The van der Waals surface area contributed by atoms with Gasteiger partial charge in [0.2, 0.25) is 0 Å². The number of anilines is 2. The minimum Gasteiger partial charge on any atom is -0.341 e. The van der Waals surface area contributed by atoms with E-state index in [2.05, 4.69) is 30.0 Å². The van der Waals surface area contributed by atoms with Gasteiger partial charge in [-0.2, -0.15) is 0 Å². The van der Waals surface area contributed by atoms with Gasteiger partial charge in [-0.05, 0) is 55.2 Å². The zero-order valence-corrected chi connectivity index (χ0v) is 12.3. The molecular formula is C17H17ClFN. The number of hydrogen-bond acceptors (Lipinski definition) is 1. The number of aryl methyl sites for hydroxylation is 2. The lowest BCUT2D eigenvalue weighted by molar-refractivity contribution is 0.626. The van der Waals surface area contributed by atoms with E-state index in [9.17, 15) is 4.39 Å². The predicted octanol–water partition coefficient (Wildman–Crippen LogP) is 4.96. The quantitative estimate of drug-likeness (QED) is 0.707. The van der Waals surface area contributed by atoms with Crippen LogP contribution in [0.15, 0.2) is 36.4 Å². The summed E-state index contributed by atoms with van der Waals surface area (Å²) in [6.07, 6.45) is 2.21. The van der Waals surface area contributed by atoms with Crippen LogP contribution < -0.4 is 4.90 Å². The number of nitrogens with zero attached hydrogens (tertiary/aromatic N) is 1. The maximum Gasteiger partial charge on any atom is 0.123 e. The van der Waals surface area contributed by atoms with E-state index in [1.165, 1.54) is 28.9 Å². The minimum atomic E-state index is -0.231. The van der Waals surface area contributed by atoms with Crippen LogP contribution in [0.5, 0.6) is 0 Å². The van der Waals surface area contributed by atoms with E-state index >= 15 is 0 Å². The molecule has 1 aliphatic heterocycles. The van der Waals surface area contributed by atoms with Crippen LogP contribution in [-0.2, 0) is 12.3 Å². The van der Waals surface area contributed by atoms with E-state index in [0.717, 1.165) is 30.6 Å². The molecule has 20 heavy (non-hydrogen) atoms. The predicted molar refractivity (Wildman–Crippen MR) is 82.5 cm³/mol. The number of alkyl halides is 1.